The van der Waals surface area contributed by atoms with Crippen LogP contribution in [0.4, 0.5) is 37.7 Å². The first-order valence-corrected chi connectivity index (χ1v) is 13.2. The van der Waals surface area contributed by atoms with E-state index < -0.39 is 56.2 Å². The van der Waals surface area contributed by atoms with Crippen molar-refractivity contribution in [1.82, 2.24) is 0 Å². The summed E-state index contributed by atoms with van der Waals surface area (Å²) in [5.41, 5.74) is -2.21. The molecule has 0 saturated heterocycles. The van der Waals surface area contributed by atoms with Crippen LogP contribution in [0.2, 0.25) is 0 Å². The summed E-state index contributed by atoms with van der Waals surface area (Å²) in [6.45, 7) is 7.34. The van der Waals surface area contributed by atoms with E-state index in [9.17, 15) is 46.6 Å². The lowest BCUT2D eigenvalue weighted by atomic mass is 9.98. The number of alkyl halides is 6. The Hall–Kier alpha value is -5.66. The summed E-state index contributed by atoms with van der Waals surface area (Å²) < 4.78 is 93.5. The van der Waals surface area contributed by atoms with E-state index in [4.69, 9.17) is 9.47 Å². The number of ether oxygens (including phenoxy) is 2. The second-order valence-electron chi connectivity index (χ2n) is 9.71. The topological polar surface area (TPSA) is 105 Å². The maximum atomic E-state index is 13.7. The van der Waals surface area contributed by atoms with Gasteiger partial charge in [-0.2, -0.15) is 26.3 Å². The van der Waals surface area contributed by atoms with Crippen LogP contribution in [0, 0.1) is 20.2 Å². The van der Waals surface area contributed by atoms with Gasteiger partial charge in [0.25, 0.3) is 11.4 Å². The van der Waals surface area contributed by atoms with Gasteiger partial charge >= 0.3 is 12.4 Å². The number of nitrogens with zero attached hydrogens (tertiary/aromatic N) is 2. The van der Waals surface area contributed by atoms with Crippen molar-refractivity contribution in [3.8, 4) is 34.1 Å². The lowest BCUT2D eigenvalue weighted by molar-refractivity contribution is -0.385. The van der Waals surface area contributed by atoms with Gasteiger partial charge in [-0.15, -0.1) is 13.2 Å². The van der Waals surface area contributed by atoms with Crippen LogP contribution >= 0.6 is 0 Å². The molecule has 4 aromatic carbocycles. The SMILES string of the molecule is C=CCc1cc(-c2ccc(Oc3ccc([N+](=O)[O-])cc3C(F)(F)F)c(CC=C)c2)ccc1Oc1ccc([N+](=O)[O-])cc1C(F)(F)F. The number of non-ortho nitro benzene ring substituents is 2. The van der Waals surface area contributed by atoms with E-state index in [1.54, 1.807) is 24.3 Å². The standard InChI is InChI=1S/C32H22F6N2O6/c1-3-5-21-15-19(7-11-27(21)45-29-13-9-23(39(41)42)17-25(29)31(33,34)35)20-8-12-28(22(16-20)6-4-2)46-30-14-10-24(40(43)44)18-26(30)32(36,37)38/h3-4,7-18H,1-2,5-6H2. The van der Waals surface area contributed by atoms with Crippen molar-refractivity contribution in [2.75, 3.05) is 0 Å². The van der Waals surface area contributed by atoms with Crippen LogP contribution in [0.15, 0.2) is 98.1 Å². The van der Waals surface area contributed by atoms with E-state index >= 15 is 0 Å². The average Bonchev–Trinajstić information content (AvgIpc) is 2.98. The number of halogens is 6. The molecule has 0 bridgehead atoms. The highest BCUT2D eigenvalue weighted by molar-refractivity contribution is 5.68. The molecule has 0 amide bonds. The van der Waals surface area contributed by atoms with Crippen molar-refractivity contribution in [3.05, 3.63) is 141 Å². The molecule has 0 spiro atoms. The summed E-state index contributed by atoms with van der Waals surface area (Å²) in [5.74, 6) is -1.22. The van der Waals surface area contributed by atoms with Crippen molar-refractivity contribution >= 4 is 11.4 Å². The van der Waals surface area contributed by atoms with Gasteiger partial charge in [0.1, 0.15) is 34.1 Å². The number of hydrogen-bond acceptors (Lipinski definition) is 6. The average molecular weight is 645 g/mol. The minimum atomic E-state index is -4.94. The van der Waals surface area contributed by atoms with Gasteiger partial charge in [0.15, 0.2) is 0 Å². The van der Waals surface area contributed by atoms with Crippen LogP contribution in [0.5, 0.6) is 23.0 Å². The number of benzene rings is 4. The van der Waals surface area contributed by atoms with Gasteiger partial charge in [0.05, 0.1) is 9.85 Å². The van der Waals surface area contributed by atoms with E-state index in [-0.39, 0.29) is 24.3 Å². The van der Waals surface area contributed by atoms with Crippen molar-refractivity contribution in [3.63, 3.8) is 0 Å². The van der Waals surface area contributed by atoms with Crippen molar-refractivity contribution in [1.29, 1.82) is 0 Å². The summed E-state index contributed by atoms with van der Waals surface area (Å²) >= 11 is 0. The fourth-order valence-corrected chi connectivity index (χ4v) is 4.47. The molecule has 0 saturated carbocycles. The largest absolute Gasteiger partial charge is 0.456 e. The van der Waals surface area contributed by atoms with Crippen molar-refractivity contribution in [2.45, 2.75) is 25.2 Å². The Balaban J connectivity index is 1.72. The van der Waals surface area contributed by atoms with Crippen LogP contribution in [0.3, 0.4) is 0 Å². The summed E-state index contributed by atoms with van der Waals surface area (Å²) in [4.78, 5) is 20.2. The molecule has 0 aliphatic carbocycles. The van der Waals surface area contributed by atoms with Gasteiger partial charge in [0.2, 0.25) is 0 Å². The molecule has 0 N–H and O–H groups in total. The predicted octanol–water partition coefficient (Wildman–Crippen LogP) is 10.2. The molecule has 0 unspecified atom stereocenters. The zero-order chi connectivity index (χ0) is 33.8. The Kier molecular flexibility index (Phi) is 9.49. The third-order valence-corrected chi connectivity index (χ3v) is 6.58. The van der Waals surface area contributed by atoms with E-state index in [0.717, 1.165) is 24.3 Å². The smallest absolute Gasteiger partial charge is 0.420 e. The Morgan fingerprint density at radius 1 is 0.587 bits per heavy atom. The van der Waals surface area contributed by atoms with Gasteiger partial charge in [-0.25, -0.2) is 0 Å². The number of allylic oxidation sites excluding steroid dienone is 2. The molecule has 46 heavy (non-hydrogen) atoms. The molecule has 4 rings (SSSR count). The van der Waals surface area contributed by atoms with Crippen LogP contribution in [0.1, 0.15) is 22.3 Å². The zero-order valence-corrected chi connectivity index (χ0v) is 23.5. The van der Waals surface area contributed by atoms with E-state index in [0.29, 0.717) is 34.4 Å². The first kappa shape index (κ1) is 33.2. The van der Waals surface area contributed by atoms with Crippen molar-refractivity contribution < 1.29 is 45.7 Å². The molecule has 0 aliphatic heterocycles. The maximum Gasteiger partial charge on any atom is 0.420 e. The second-order valence-corrected chi connectivity index (χ2v) is 9.71. The molecular formula is C32H22F6N2O6. The van der Waals surface area contributed by atoms with Gasteiger partial charge in [-0.1, -0.05) is 24.3 Å². The van der Waals surface area contributed by atoms with Gasteiger partial charge < -0.3 is 9.47 Å². The Morgan fingerprint density at radius 3 is 1.24 bits per heavy atom. The second kappa shape index (κ2) is 13.1. The van der Waals surface area contributed by atoms with Crippen LogP contribution in [-0.4, -0.2) is 9.85 Å². The number of rotatable bonds is 11. The van der Waals surface area contributed by atoms with Crippen LogP contribution < -0.4 is 9.47 Å². The molecular weight excluding hydrogens is 622 g/mol. The van der Waals surface area contributed by atoms with E-state index in [1.165, 1.54) is 24.3 Å². The molecule has 0 fully saturated rings. The molecule has 14 heteroatoms. The normalized spacial score (nSPS) is 11.5. The van der Waals surface area contributed by atoms with E-state index in [2.05, 4.69) is 13.2 Å². The molecule has 238 valence electrons. The molecule has 0 radical (unpaired) electrons. The number of hydrogen-bond donors (Lipinski definition) is 0. The Bertz CT molecular complexity index is 1700. The van der Waals surface area contributed by atoms with Crippen LogP contribution in [-0.2, 0) is 25.2 Å². The molecule has 0 aliphatic rings. The monoisotopic (exact) mass is 644 g/mol. The highest BCUT2D eigenvalue weighted by atomic mass is 19.4. The summed E-state index contributed by atoms with van der Waals surface area (Å²) in [5, 5.41) is 22.1. The number of nitro groups is 2. The molecule has 8 nitrogen and oxygen atoms in total. The maximum absolute atomic E-state index is 13.7. The highest BCUT2D eigenvalue weighted by Crippen LogP contribution is 2.43. The Labute approximate surface area is 257 Å². The summed E-state index contributed by atoms with van der Waals surface area (Å²) in [7, 11) is 0. The lowest BCUT2D eigenvalue weighted by Gasteiger charge is -2.18. The lowest BCUT2D eigenvalue weighted by Crippen LogP contribution is -2.08. The van der Waals surface area contributed by atoms with Crippen LogP contribution in [0.25, 0.3) is 11.1 Å². The summed E-state index contributed by atoms with van der Waals surface area (Å²) in [6.07, 6.45) is -6.57. The molecule has 0 aromatic heterocycles. The minimum absolute atomic E-state index is 0.0344. The zero-order valence-electron chi connectivity index (χ0n) is 23.5. The van der Waals surface area contributed by atoms with Gasteiger partial charge in [-0.05, 0) is 71.5 Å². The first-order valence-electron chi connectivity index (χ1n) is 13.2. The fourth-order valence-electron chi connectivity index (χ4n) is 4.47. The highest BCUT2D eigenvalue weighted by Gasteiger charge is 2.37. The molecule has 4 aromatic rings. The quantitative estimate of drug-likeness (QED) is 0.0696. The number of nitro benzene ring substituents is 2. The molecule has 0 atom stereocenters. The van der Waals surface area contributed by atoms with E-state index in [1.807, 2.05) is 0 Å². The van der Waals surface area contributed by atoms with Gasteiger partial charge in [-0.3, -0.25) is 20.2 Å². The van der Waals surface area contributed by atoms with Crippen molar-refractivity contribution in [2.24, 2.45) is 0 Å². The third-order valence-electron chi connectivity index (χ3n) is 6.58. The molecule has 0 heterocycles. The first-order chi connectivity index (χ1) is 21.6. The predicted molar refractivity (Wildman–Crippen MR) is 156 cm³/mol. The fraction of sp³-hybridized carbons (Fsp3) is 0.125. The van der Waals surface area contributed by atoms with Gasteiger partial charge in [0, 0.05) is 24.3 Å². The minimum Gasteiger partial charge on any atom is -0.456 e. The Morgan fingerprint density at radius 2 is 0.935 bits per heavy atom. The third kappa shape index (κ3) is 7.52. The summed E-state index contributed by atoms with van der Waals surface area (Å²) in [6, 6.07) is 13.5.